The quantitative estimate of drug-likeness (QED) is 0.645. The highest BCUT2D eigenvalue weighted by atomic mass is 32.1. The van der Waals surface area contributed by atoms with Gasteiger partial charge < -0.3 is 10.2 Å². The van der Waals surface area contributed by atoms with Crippen molar-refractivity contribution in [2.45, 2.75) is 58.4 Å². The molecule has 7 nitrogen and oxygen atoms in total. The Labute approximate surface area is 191 Å². The van der Waals surface area contributed by atoms with Crippen molar-refractivity contribution in [3.63, 3.8) is 0 Å². The van der Waals surface area contributed by atoms with E-state index < -0.39 is 0 Å². The number of amides is 1. The third kappa shape index (κ3) is 4.16. The summed E-state index contributed by atoms with van der Waals surface area (Å²) in [5.74, 6) is 0.141. The Morgan fingerprint density at radius 2 is 1.84 bits per heavy atom. The molecule has 0 unspecified atom stereocenters. The lowest BCUT2D eigenvalue weighted by atomic mass is 9.96. The molecule has 2 aromatic heterocycles. The second-order valence-electron chi connectivity index (χ2n) is 8.78. The van der Waals surface area contributed by atoms with E-state index >= 15 is 0 Å². The molecule has 1 saturated heterocycles. The number of benzene rings is 1. The summed E-state index contributed by atoms with van der Waals surface area (Å²) in [4.78, 5) is 33.1. The predicted octanol–water partition coefficient (Wildman–Crippen LogP) is 3.13. The number of fused-ring (bicyclic) bond motifs is 2. The number of aromatic nitrogens is 3. The molecule has 0 atom stereocenters. The van der Waals surface area contributed by atoms with Gasteiger partial charge in [0.1, 0.15) is 0 Å². The van der Waals surface area contributed by atoms with Crippen LogP contribution in [-0.2, 0) is 30.6 Å². The van der Waals surface area contributed by atoms with Crippen molar-refractivity contribution in [1.82, 2.24) is 19.9 Å². The molecule has 1 fully saturated rings. The van der Waals surface area contributed by atoms with Crippen molar-refractivity contribution in [2.24, 2.45) is 5.92 Å². The molecular weight excluding hydrogens is 422 g/mol. The molecule has 32 heavy (non-hydrogen) atoms. The van der Waals surface area contributed by atoms with E-state index in [1.807, 2.05) is 0 Å². The molecule has 5 rings (SSSR count). The summed E-state index contributed by atoms with van der Waals surface area (Å²) >= 11 is 1.48. The van der Waals surface area contributed by atoms with Crippen LogP contribution in [0.2, 0.25) is 0 Å². The normalized spacial score (nSPS) is 16.8. The smallest absolute Gasteiger partial charge is 0.278 e. The van der Waals surface area contributed by atoms with Crippen LogP contribution >= 0.6 is 11.3 Å². The fourth-order valence-corrected chi connectivity index (χ4v) is 5.61. The van der Waals surface area contributed by atoms with Gasteiger partial charge in [0.05, 0.1) is 5.69 Å². The number of carbonyl (C=O) groups is 1. The van der Waals surface area contributed by atoms with E-state index in [0.29, 0.717) is 11.5 Å². The number of aryl methyl sites for hydroxylation is 2. The summed E-state index contributed by atoms with van der Waals surface area (Å²) < 4.78 is 1.48. The van der Waals surface area contributed by atoms with E-state index in [-0.39, 0.29) is 17.4 Å². The van der Waals surface area contributed by atoms with Crippen molar-refractivity contribution in [2.75, 3.05) is 18.0 Å². The van der Waals surface area contributed by atoms with Gasteiger partial charge in [-0.15, -0.1) is 5.10 Å². The minimum Gasteiger partial charge on any atom is -0.352 e. The van der Waals surface area contributed by atoms with Crippen molar-refractivity contribution in [3.8, 4) is 0 Å². The highest BCUT2D eigenvalue weighted by molar-refractivity contribution is 7.20. The molecular formula is C24H29N5O2S. The number of carbonyl (C=O) groups excluding carboxylic acids is 1. The van der Waals surface area contributed by atoms with Gasteiger partial charge in [0.2, 0.25) is 16.0 Å². The van der Waals surface area contributed by atoms with Crippen LogP contribution < -0.4 is 15.8 Å². The van der Waals surface area contributed by atoms with Crippen LogP contribution in [-0.4, -0.2) is 33.6 Å². The van der Waals surface area contributed by atoms with Gasteiger partial charge in [-0.3, -0.25) is 9.59 Å². The topological polar surface area (TPSA) is 79.6 Å². The fourth-order valence-electron chi connectivity index (χ4n) is 4.65. The summed E-state index contributed by atoms with van der Waals surface area (Å²) in [5, 5.41) is 8.51. The van der Waals surface area contributed by atoms with Crippen LogP contribution in [0.3, 0.4) is 0 Å². The zero-order valence-corrected chi connectivity index (χ0v) is 19.3. The standard InChI is InChI=1S/C24H29N5O2S/c1-2-16-7-9-17(10-8-16)15-25-21(30)18-11-13-28(14-12-18)24-27-29-22(31)19-5-3-4-6-20(19)26-23(29)32-24/h7-10,18H,2-6,11-15H2,1H3,(H,25,30). The van der Waals surface area contributed by atoms with Gasteiger partial charge in [-0.25, -0.2) is 4.98 Å². The summed E-state index contributed by atoms with van der Waals surface area (Å²) in [6, 6.07) is 8.41. The minimum absolute atomic E-state index is 0.00608. The van der Waals surface area contributed by atoms with Crippen molar-refractivity contribution in [3.05, 3.63) is 57.0 Å². The van der Waals surface area contributed by atoms with E-state index in [2.05, 4.69) is 46.5 Å². The first-order valence-corrected chi connectivity index (χ1v) is 12.5. The molecule has 0 bridgehead atoms. The number of nitrogens with zero attached hydrogens (tertiary/aromatic N) is 4. The van der Waals surface area contributed by atoms with Crippen LogP contribution in [0.15, 0.2) is 29.1 Å². The maximum atomic E-state index is 12.8. The second-order valence-corrected chi connectivity index (χ2v) is 9.71. The van der Waals surface area contributed by atoms with Crippen molar-refractivity contribution < 1.29 is 4.79 Å². The minimum atomic E-state index is -0.00608. The van der Waals surface area contributed by atoms with Gasteiger partial charge in [-0.2, -0.15) is 4.52 Å². The highest BCUT2D eigenvalue weighted by Crippen LogP contribution is 2.28. The number of nitrogens with one attached hydrogen (secondary N) is 1. The zero-order valence-electron chi connectivity index (χ0n) is 18.5. The maximum Gasteiger partial charge on any atom is 0.278 e. The molecule has 3 aromatic rings. The van der Waals surface area contributed by atoms with Crippen LogP contribution in [0.4, 0.5) is 5.13 Å². The Hall–Kier alpha value is -2.74. The molecule has 0 radical (unpaired) electrons. The molecule has 1 aliphatic carbocycles. The predicted molar refractivity (Wildman–Crippen MR) is 126 cm³/mol. The fraction of sp³-hybridized carbons (Fsp3) is 0.500. The molecule has 1 N–H and O–H groups in total. The zero-order chi connectivity index (χ0) is 22.1. The monoisotopic (exact) mass is 451 g/mol. The Morgan fingerprint density at radius 3 is 2.59 bits per heavy atom. The van der Waals surface area contributed by atoms with E-state index in [1.54, 1.807) is 0 Å². The van der Waals surface area contributed by atoms with E-state index in [4.69, 9.17) is 4.98 Å². The summed E-state index contributed by atoms with van der Waals surface area (Å²) in [6.07, 6.45) is 6.43. The average molecular weight is 452 g/mol. The first-order chi connectivity index (χ1) is 15.6. The second kappa shape index (κ2) is 9.02. The molecule has 168 valence electrons. The van der Waals surface area contributed by atoms with Crippen molar-refractivity contribution >= 4 is 27.3 Å². The number of anilines is 1. The molecule has 1 aliphatic heterocycles. The molecule has 1 amide bonds. The van der Waals surface area contributed by atoms with Gasteiger partial charge in [-0.1, -0.05) is 42.5 Å². The van der Waals surface area contributed by atoms with Gasteiger partial charge in [0.15, 0.2) is 0 Å². The average Bonchev–Trinajstić information content (AvgIpc) is 3.27. The first-order valence-electron chi connectivity index (χ1n) is 11.6. The van der Waals surface area contributed by atoms with E-state index in [0.717, 1.165) is 80.0 Å². The van der Waals surface area contributed by atoms with Gasteiger partial charge >= 0.3 is 0 Å². The molecule has 0 spiro atoms. The molecule has 0 saturated carbocycles. The number of piperidine rings is 1. The maximum absolute atomic E-state index is 12.8. The van der Waals surface area contributed by atoms with Crippen LogP contribution in [0.1, 0.15) is 55.0 Å². The highest BCUT2D eigenvalue weighted by Gasteiger charge is 2.27. The molecule has 8 heteroatoms. The summed E-state index contributed by atoms with van der Waals surface area (Å²) in [6.45, 7) is 4.23. The first kappa shape index (κ1) is 21.1. The number of hydrogen-bond acceptors (Lipinski definition) is 6. The van der Waals surface area contributed by atoms with E-state index in [9.17, 15) is 9.59 Å². The van der Waals surface area contributed by atoms with Crippen LogP contribution in [0.5, 0.6) is 0 Å². The third-order valence-electron chi connectivity index (χ3n) is 6.70. The van der Waals surface area contributed by atoms with Crippen molar-refractivity contribution in [1.29, 1.82) is 0 Å². The third-order valence-corrected chi connectivity index (χ3v) is 7.67. The van der Waals surface area contributed by atoms with E-state index in [1.165, 1.54) is 21.4 Å². The Balaban J connectivity index is 1.20. The summed E-state index contributed by atoms with van der Waals surface area (Å²) in [5.41, 5.74) is 4.22. The van der Waals surface area contributed by atoms with Crippen LogP contribution in [0, 0.1) is 5.92 Å². The largest absolute Gasteiger partial charge is 0.352 e. The number of hydrogen-bond donors (Lipinski definition) is 1. The lowest BCUT2D eigenvalue weighted by Gasteiger charge is -2.30. The Morgan fingerprint density at radius 1 is 1.12 bits per heavy atom. The van der Waals surface area contributed by atoms with Gasteiger partial charge in [-0.05, 0) is 56.1 Å². The lowest BCUT2D eigenvalue weighted by molar-refractivity contribution is -0.125. The van der Waals surface area contributed by atoms with Gasteiger partial charge in [0, 0.05) is 31.1 Å². The summed E-state index contributed by atoms with van der Waals surface area (Å²) in [7, 11) is 0. The van der Waals surface area contributed by atoms with Crippen LogP contribution in [0.25, 0.3) is 4.96 Å². The Bertz CT molecular complexity index is 1180. The SMILES string of the molecule is CCc1ccc(CNC(=O)C2CCN(c3nn4c(=O)c5c(nc4s3)CCCC5)CC2)cc1. The molecule has 2 aliphatic rings. The number of rotatable bonds is 5. The Kier molecular flexibility index (Phi) is 5.95. The molecule has 3 heterocycles. The van der Waals surface area contributed by atoms with Gasteiger partial charge in [0.25, 0.3) is 5.56 Å². The molecule has 1 aromatic carbocycles. The lowest BCUT2D eigenvalue weighted by Crippen LogP contribution is -2.40.